The van der Waals surface area contributed by atoms with E-state index in [1.165, 1.54) is 0 Å². The first-order chi connectivity index (χ1) is 11.0. The number of carbonyl (C=O) groups is 1. The van der Waals surface area contributed by atoms with E-state index in [9.17, 15) is 4.79 Å². The van der Waals surface area contributed by atoms with Crippen LogP contribution in [0.4, 0.5) is 5.82 Å². The zero-order valence-corrected chi connectivity index (χ0v) is 15.1. The van der Waals surface area contributed by atoms with Gasteiger partial charge in [0.15, 0.2) is 5.65 Å². The van der Waals surface area contributed by atoms with Gasteiger partial charge < -0.3 is 10.2 Å². The molecule has 3 heterocycles. The van der Waals surface area contributed by atoms with E-state index >= 15 is 0 Å². The molecule has 0 aliphatic carbocycles. The molecular formula is C16H22BrN5O. The summed E-state index contributed by atoms with van der Waals surface area (Å²) in [5.41, 5.74) is 0.803. The fraction of sp³-hybridized carbons (Fsp3) is 0.562. The third kappa shape index (κ3) is 3.65. The van der Waals surface area contributed by atoms with Gasteiger partial charge in [0.2, 0.25) is 5.91 Å². The van der Waals surface area contributed by atoms with Gasteiger partial charge in [0, 0.05) is 25.6 Å². The van der Waals surface area contributed by atoms with E-state index in [1.54, 1.807) is 10.7 Å². The van der Waals surface area contributed by atoms with Crippen molar-refractivity contribution in [1.29, 1.82) is 0 Å². The number of likely N-dealkylation sites (tertiary alicyclic amines) is 1. The number of carbonyl (C=O) groups excluding carboxylic acids is 1. The van der Waals surface area contributed by atoms with Crippen molar-refractivity contribution in [1.82, 2.24) is 19.5 Å². The third-order valence-electron chi connectivity index (χ3n) is 4.12. The Morgan fingerprint density at radius 2 is 2.30 bits per heavy atom. The first-order valence-electron chi connectivity index (χ1n) is 8.08. The van der Waals surface area contributed by atoms with Crippen molar-refractivity contribution in [3.05, 3.63) is 22.9 Å². The highest BCUT2D eigenvalue weighted by Crippen LogP contribution is 2.20. The van der Waals surface area contributed by atoms with E-state index in [-0.39, 0.29) is 11.9 Å². The van der Waals surface area contributed by atoms with Crippen LogP contribution in [-0.4, -0.2) is 44.5 Å². The minimum absolute atomic E-state index is 0.255. The Bertz CT molecular complexity index is 699. The molecule has 0 aromatic carbocycles. The summed E-state index contributed by atoms with van der Waals surface area (Å²) in [6.45, 7) is 5.78. The molecule has 0 saturated carbocycles. The molecular weight excluding hydrogens is 358 g/mol. The van der Waals surface area contributed by atoms with Crippen LogP contribution >= 0.6 is 15.9 Å². The van der Waals surface area contributed by atoms with Crippen molar-refractivity contribution in [2.24, 2.45) is 5.92 Å². The number of fused-ring (bicyclic) bond motifs is 1. The van der Waals surface area contributed by atoms with Crippen LogP contribution in [-0.2, 0) is 4.79 Å². The molecule has 1 fully saturated rings. The van der Waals surface area contributed by atoms with E-state index < -0.39 is 0 Å². The lowest BCUT2D eigenvalue weighted by atomic mass is 10.1. The fourth-order valence-electron chi connectivity index (χ4n) is 3.00. The normalized spacial score (nSPS) is 18.1. The highest BCUT2D eigenvalue weighted by Gasteiger charge is 2.28. The van der Waals surface area contributed by atoms with Crippen LogP contribution in [0.2, 0.25) is 0 Å². The second-order valence-electron chi connectivity index (χ2n) is 6.43. The van der Waals surface area contributed by atoms with Gasteiger partial charge in [0.25, 0.3) is 0 Å². The molecule has 1 atom stereocenters. The quantitative estimate of drug-likeness (QED) is 0.867. The molecule has 0 radical (unpaired) electrons. The number of nitrogens with zero attached hydrogens (tertiary/aromatic N) is 4. The number of halogens is 1. The Morgan fingerprint density at radius 3 is 3.09 bits per heavy atom. The van der Waals surface area contributed by atoms with Gasteiger partial charge in [0.05, 0.1) is 6.20 Å². The molecule has 2 aromatic rings. The summed E-state index contributed by atoms with van der Waals surface area (Å²) in [6, 6.07) is 4.10. The van der Waals surface area contributed by atoms with Gasteiger partial charge in [-0.3, -0.25) is 4.79 Å². The van der Waals surface area contributed by atoms with E-state index in [0.29, 0.717) is 12.3 Å². The summed E-state index contributed by atoms with van der Waals surface area (Å²) in [7, 11) is 0. The summed E-state index contributed by atoms with van der Waals surface area (Å²) in [5, 5.41) is 7.87. The number of nitrogens with one attached hydrogen (secondary N) is 1. The number of imidazole rings is 1. The van der Waals surface area contributed by atoms with Gasteiger partial charge in [-0.1, -0.05) is 13.8 Å². The first-order valence-corrected chi connectivity index (χ1v) is 8.87. The monoisotopic (exact) mass is 379 g/mol. The SMILES string of the molecule is CC(C)CC(=O)N1CCC[C@H]1CNc1ccc2ncc(Br)n2n1. The van der Waals surface area contributed by atoms with Gasteiger partial charge in [-0.25, -0.2) is 9.50 Å². The Hall–Kier alpha value is -1.63. The summed E-state index contributed by atoms with van der Waals surface area (Å²) in [4.78, 5) is 18.6. The molecule has 1 N–H and O–H groups in total. The topological polar surface area (TPSA) is 62.5 Å². The van der Waals surface area contributed by atoms with E-state index in [0.717, 1.165) is 42.0 Å². The molecule has 3 rings (SSSR count). The van der Waals surface area contributed by atoms with Crippen molar-refractivity contribution in [2.45, 2.75) is 39.2 Å². The molecule has 1 aliphatic rings. The summed E-state index contributed by atoms with van der Waals surface area (Å²) >= 11 is 3.43. The molecule has 124 valence electrons. The van der Waals surface area contributed by atoms with Crippen molar-refractivity contribution >= 4 is 33.3 Å². The zero-order chi connectivity index (χ0) is 16.4. The summed E-state index contributed by atoms with van der Waals surface area (Å²) in [6.07, 6.45) is 4.49. The van der Waals surface area contributed by atoms with Crippen molar-refractivity contribution in [3.63, 3.8) is 0 Å². The fourth-order valence-corrected chi connectivity index (χ4v) is 3.37. The maximum atomic E-state index is 12.3. The second-order valence-corrected chi connectivity index (χ2v) is 7.24. The first kappa shape index (κ1) is 16.2. The van der Waals surface area contributed by atoms with Crippen LogP contribution in [0.15, 0.2) is 22.9 Å². The molecule has 0 bridgehead atoms. The van der Waals surface area contributed by atoms with Crippen molar-refractivity contribution in [2.75, 3.05) is 18.4 Å². The van der Waals surface area contributed by atoms with E-state index in [2.05, 4.69) is 45.2 Å². The average Bonchev–Trinajstić information content (AvgIpc) is 3.12. The van der Waals surface area contributed by atoms with Crippen LogP contribution in [0.3, 0.4) is 0 Å². The van der Waals surface area contributed by atoms with Crippen molar-refractivity contribution < 1.29 is 4.79 Å². The number of anilines is 1. The minimum atomic E-state index is 0.255. The lowest BCUT2D eigenvalue weighted by Gasteiger charge is -2.26. The molecule has 2 aromatic heterocycles. The average molecular weight is 380 g/mol. The van der Waals surface area contributed by atoms with Crippen LogP contribution in [0.1, 0.15) is 33.1 Å². The highest BCUT2D eigenvalue weighted by atomic mass is 79.9. The minimum Gasteiger partial charge on any atom is -0.367 e. The number of amides is 1. The number of aromatic nitrogens is 3. The molecule has 6 nitrogen and oxygen atoms in total. The van der Waals surface area contributed by atoms with Crippen LogP contribution in [0, 0.1) is 5.92 Å². The molecule has 0 spiro atoms. The van der Waals surface area contributed by atoms with Gasteiger partial charge >= 0.3 is 0 Å². The predicted octanol–water partition coefficient (Wildman–Crippen LogP) is 2.94. The third-order valence-corrected chi connectivity index (χ3v) is 4.66. The molecule has 23 heavy (non-hydrogen) atoms. The lowest BCUT2D eigenvalue weighted by molar-refractivity contribution is -0.132. The van der Waals surface area contributed by atoms with Gasteiger partial charge in [-0.05, 0) is 46.8 Å². The standard InChI is InChI=1S/C16H22BrN5O/c1-11(2)8-16(23)21-7-3-4-12(21)9-18-14-5-6-15-19-10-13(17)22(15)20-14/h5-6,10-12H,3-4,7-9H2,1-2H3,(H,18,20)/t12-/m0/s1. The molecule has 1 aliphatic heterocycles. The van der Waals surface area contributed by atoms with E-state index in [1.807, 2.05) is 17.0 Å². The van der Waals surface area contributed by atoms with Crippen LogP contribution in [0.5, 0.6) is 0 Å². The Balaban J connectivity index is 1.64. The van der Waals surface area contributed by atoms with E-state index in [4.69, 9.17) is 0 Å². The largest absolute Gasteiger partial charge is 0.367 e. The van der Waals surface area contributed by atoms with Crippen LogP contribution < -0.4 is 5.32 Å². The number of rotatable bonds is 5. The Kier molecular flexibility index (Phi) is 4.84. The number of hydrogen-bond acceptors (Lipinski definition) is 4. The second kappa shape index (κ2) is 6.86. The Labute approximate surface area is 144 Å². The lowest BCUT2D eigenvalue weighted by Crippen LogP contribution is -2.40. The summed E-state index contributed by atoms with van der Waals surface area (Å²) in [5.74, 6) is 1.46. The molecule has 7 heteroatoms. The molecule has 1 saturated heterocycles. The van der Waals surface area contributed by atoms with Crippen LogP contribution in [0.25, 0.3) is 5.65 Å². The maximum Gasteiger partial charge on any atom is 0.223 e. The molecule has 1 amide bonds. The maximum absolute atomic E-state index is 12.3. The number of hydrogen-bond donors (Lipinski definition) is 1. The Morgan fingerprint density at radius 1 is 1.48 bits per heavy atom. The van der Waals surface area contributed by atoms with Gasteiger partial charge in [-0.15, -0.1) is 5.10 Å². The zero-order valence-electron chi connectivity index (χ0n) is 13.5. The van der Waals surface area contributed by atoms with Crippen molar-refractivity contribution in [3.8, 4) is 0 Å². The summed E-state index contributed by atoms with van der Waals surface area (Å²) < 4.78 is 2.57. The van der Waals surface area contributed by atoms with Gasteiger partial charge in [0.1, 0.15) is 10.4 Å². The highest BCUT2D eigenvalue weighted by molar-refractivity contribution is 9.10. The molecule has 0 unspecified atom stereocenters. The predicted molar refractivity (Wildman–Crippen MR) is 93.4 cm³/mol. The smallest absolute Gasteiger partial charge is 0.223 e. The van der Waals surface area contributed by atoms with Gasteiger partial charge in [-0.2, -0.15) is 0 Å².